The van der Waals surface area contributed by atoms with Gasteiger partial charge in [-0.2, -0.15) is 0 Å². The minimum absolute atomic E-state index is 0.110. The maximum atomic E-state index is 12.3. The number of benzene rings is 2. The van der Waals surface area contributed by atoms with Crippen LogP contribution in [0.15, 0.2) is 59.8 Å². The maximum absolute atomic E-state index is 12.3. The highest BCUT2D eigenvalue weighted by Crippen LogP contribution is 2.40. The fourth-order valence-electron chi connectivity index (χ4n) is 2.70. The number of carbonyl (C=O) groups is 1. The lowest BCUT2D eigenvalue weighted by Gasteiger charge is -2.13. The zero-order chi connectivity index (χ0) is 17.9. The minimum Gasteiger partial charge on any atom is -0.322 e. The van der Waals surface area contributed by atoms with E-state index < -0.39 is 0 Å². The Kier molecular flexibility index (Phi) is 4.71. The zero-order valence-electron chi connectivity index (χ0n) is 14.4. The first-order valence-electron chi connectivity index (χ1n) is 8.61. The van der Waals surface area contributed by atoms with Crippen LogP contribution in [0.3, 0.4) is 0 Å². The lowest BCUT2D eigenvalue weighted by Crippen LogP contribution is -2.11. The summed E-state index contributed by atoms with van der Waals surface area (Å²) >= 11 is 1.64. The summed E-state index contributed by atoms with van der Waals surface area (Å²) in [7, 11) is 0. The summed E-state index contributed by atoms with van der Waals surface area (Å²) in [4.78, 5) is 12.3. The largest absolute Gasteiger partial charge is 0.322 e. The average Bonchev–Trinajstić information content (AvgIpc) is 3.42. The van der Waals surface area contributed by atoms with Gasteiger partial charge in [-0.05, 0) is 60.0 Å². The van der Waals surface area contributed by atoms with Crippen LogP contribution < -0.4 is 5.32 Å². The minimum atomic E-state index is -0.110. The first-order chi connectivity index (χ1) is 12.7. The first-order valence-corrected chi connectivity index (χ1v) is 9.49. The summed E-state index contributed by atoms with van der Waals surface area (Å²) < 4.78 is 1.92. The molecule has 7 heteroatoms. The van der Waals surface area contributed by atoms with Crippen molar-refractivity contribution in [2.75, 3.05) is 5.32 Å². The van der Waals surface area contributed by atoms with Crippen LogP contribution in [-0.4, -0.2) is 26.1 Å². The molecule has 0 bridgehead atoms. The zero-order valence-corrected chi connectivity index (χ0v) is 15.2. The van der Waals surface area contributed by atoms with Crippen LogP contribution in [0, 0.1) is 0 Å². The Morgan fingerprint density at radius 1 is 1.19 bits per heavy atom. The highest BCUT2D eigenvalue weighted by Gasteiger charge is 2.28. The van der Waals surface area contributed by atoms with E-state index >= 15 is 0 Å². The van der Waals surface area contributed by atoms with Crippen LogP contribution in [-0.2, 0) is 0 Å². The van der Waals surface area contributed by atoms with Gasteiger partial charge in [0, 0.05) is 16.5 Å². The number of tetrazole rings is 1. The fourth-order valence-corrected chi connectivity index (χ4v) is 3.68. The molecule has 1 amide bonds. The molecule has 2 aromatic carbocycles. The van der Waals surface area contributed by atoms with E-state index in [1.165, 1.54) is 0 Å². The van der Waals surface area contributed by atoms with Gasteiger partial charge in [0.2, 0.25) is 5.16 Å². The van der Waals surface area contributed by atoms with Gasteiger partial charge in [-0.3, -0.25) is 4.79 Å². The van der Waals surface area contributed by atoms with Crippen LogP contribution in [0.4, 0.5) is 5.69 Å². The number of nitrogens with zero attached hydrogens (tertiary/aromatic N) is 4. The smallest absolute Gasteiger partial charge is 0.255 e. The molecular weight excluding hydrogens is 346 g/mol. The van der Waals surface area contributed by atoms with Crippen molar-refractivity contribution >= 4 is 23.4 Å². The van der Waals surface area contributed by atoms with Crippen LogP contribution in [0.2, 0.25) is 0 Å². The number of carbonyl (C=O) groups excluding carboxylic acids is 1. The van der Waals surface area contributed by atoms with Gasteiger partial charge in [-0.1, -0.05) is 42.1 Å². The monoisotopic (exact) mass is 365 g/mol. The first kappa shape index (κ1) is 16.8. The third kappa shape index (κ3) is 3.77. The standard InChI is InChI=1S/C19H19N5OS/c1-13(26-19-21-22-23-24(19)17-10-11-17)15-8-5-9-16(12-15)20-18(25)14-6-3-2-4-7-14/h2-9,12-13,17H,10-11H2,1H3,(H,20,25)/t13-/m0/s1. The summed E-state index contributed by atoms with van der Waals surface area (Å²) in [5.74, 6) is -0.110. The topological polar surface area (TPSA) is 72.7 Å². The molecule has 1 N–H and O–H groups in total. The summed E-state index contributed by atoms with van der Waals surface area (Å²) in [6.45, 7) is 2.12. The molecule has 4 rings (SSSR count). The van der Waals surface area contributed by atoms with Gasteiger partial charge in [-0.25, -0.2) is 4.68 Å². The third-order valence-corrected chi connectivity index (χ3v) is 5.39. The lowest BCUT2D eigenvalue weighted by molar-refractivity contribution is 0.102. The van der Waals surface area contributed by atoms with Gasteiger partial charge in [0.05, 0.1) is 6.04 Å². The second-order valence-corrected chi connectivity index (χ2v) is 7.65. The van der Waals surface area contributed by atoms with Crippen molar-refractivity contribution in [1.82, 2.24) is 20.2 Å². The van der Waals surface area contributed by atoms with Gasteiger partial charge in [0.25, 0.3) is 5.91 Å². The predicted octanol–water partition coefficient (Wildman–Crippen LogP) is 4.11. The molecule has 0 unspecified atom stereocenters. The van der Waals surface area contributed by atoms with Crippen LogP contribution in [0.1, 0.15) is 47.0 Å². The highest BCUT2D eigenvalue weighted by atomic mass is 32.2. The molecule has 0 spiro atoms. The number of hydrogen-bond acceptors (Lipinski definition) is 5. The van der Waals surface area contributed by atoms with E-state index in [2.05, 4.69) is 33.8 Å². The number of aromatic nitrogens is 4. The summed E-state index contributed by atoms with van der Waals surface area (Å²) in [6.07, 6.45) is 2.29. The number of nitrogens with one attached hydrogen (secondary N) is 1. The van der Waals surface area contributed by atoms with Crippen molar-refractivity contribution < 1.29 is 4.79 Å². The van der Waals surface area contributed by atoms with E-state index in [9.17, 15) is 4.79 Å². The Morgan fingerprint density at radius 2 is 2.00 bits per heavy atom. The summed E-state index contributed by atoms with van der Waals surface area (Å²) in [5.41, 5.74) is 2.54. The SMILES string of the molecule is C[C@H](Sc1nnnn1C1CC1)c1cccc(NC(=O)c2ccccc2)c1. The number of hydrogen-bond donors (Lipinski definition) is 1. The number of thioether (sulfide) groups is 1. The molecule has 6 nitrogen and oxygen atoms in total. The second kappa shape index (κ2) is 7.29. The van der Waals surface area contributed by atoms with Gasteiger partial charge in [-0.15, -0.1) is 5.10 Å². The van der Waals surface area contributed by atoms with E-state index in [4.69, 9.17) is 0 Å². The van der Waals surface area contributed by atoms with Crippen LogP contribution >= 0.6 is 11.8 Å². The molecule has 0 radical (unpaired) electrons. The van der Waals surface area contributed by atoms with Crippen LogP contribution in [0.5, 0.6) is 0 Å². The van der Waals surface area contributed by atoms with Crippen LogP contribution in [0.25, 0.3) is 0 Å². The maximum Gasteiger partial charge on any atom is 0.255 e. The Hall–Kier alpha value is -2.67. The van der Waals surface area contributed by atoms with Crippen molar-refractivity contribution in [1.29, 1.82) is 0 Å². The van der Waals surface area contributed by atoms with Crippen molar-refractivity contribution in [2.45, 2.75) is 36.2 Å². The number of amides is 1. The van der Waals surface area contributed by atoms with E-state index in [0.29, 0.717) is 11.6 Å². The van der Waals surface area contributed by atoms with E-state index in [1.807, 2.05) is 41.1 Å². The molecule has 1 aliphatic rings. The van der Waals surface area contributed by atoms with E-state index in [1.54, 1.807) is 23.9 Å². The van der Waals surface area contributed by atoms with Gasteiger partial charge in [0.1, 0.15) is 0 Å². The molecule has 1 aliphatic carbocycles. The molecule has 1 saturated carbocycles. The molecule has 1 heterocycles. The third-order valence-electron chi connectivity index (χ3n) is 4.29. The number of anilines is 1. The summed E-state index contributed by atoms with van der Waals surface area (Å²) in [5, 5.41) is 16.0. The normalized spacial score (nSPS) is 14.8. The van der Waals surface area contributed by atoms with Crippen molar-refractivity contribution in [3.05, 3.63) is 65.7 Å². The van der Waals surface area contributed by atoms with E-state index in [0.717, 1.165) is 29.2 Å². The molecule has 26 heavy (non-hydrogen) atoms. The lowest BCUT2D eigenvalue weighted by atomic mass is 10.1. The summed E-state index contributed by atoms with van der Waals surface area (Å²) in [6, 6.07) is 17.6. The molecule has 0 saturated heterocycles. The molecule has 1 fully saturated rings. The molecule has 132 valence electrons. The second-order valence-electron chi connectivity index (χ2n) is 6.34. The van der Waals surface area contributed by atoms with Gasteiger partial charge >= 0.3 is 0 Å². The molecule has 1 aromatic heterocycles. The Balaban J connectivity index is 1.46. The van der Waals surface area contributed by atoms with Crippen molar-refractivity contribution in [3.63, 3.8) is 0 Å². The van der Waals surface area contributed by atoms with Crippen molar-refractivity contribution in [3.8, 4) is 0 Å². The Labute approximate surface area is 156 Å². The average molecular weight is 365 g/mol. The van der Waals surface area contributed by atoms with Gasteiger partial charge < -0.3 is 5.32 Å². The number of rotatable bonds is 6. The predicted molar refractivity (Wildman–Crippen MR) is 101 cm³/mol. The highest BCUT2D eigenvalue weighted by molar-refractivity contribution is 7.99. The van der Waals surface area contributed by atoms with Gasteiger partial charge in [0.15, 0.2) is 0 Å². The Morgan fingerprint density at radius 3 is 2.77 bits per heavy atom. The Bertz CT molecular complexity index is 907. The fraction of sp³-hybridized carbons (Fsp3) is 0.263. The molecular formula is C19H19N5OS. The van der Waals surface area contributed by atoms with Crippen molar-refractivity contribution in [2.24, 2.45) is 0 Å². The molecule has 0 aliphatic heterocycles. The van der Waals surface area contributed by atoms with E-state index in [-0.39, 0.29) is 11.2 Å². The molecule has 1 atom stereocenters. The quantitative estimate of drug-likeness (QED) is 0.666. The molecule has 3 aromatic rings.